The Hall–Kier alpha value is -1.22. The molecule has 2 N–H and O–H groups in total. The topological polar surface area (TPSA) is 35.2 Å². The lowest BCUT2D eigenvalue weighted by atomic mass is 10.1. The van der Waals surface area contributed by atoms with E-state index in [2.05, 4.69) is 6.92 Å². The predicted octanol–water partition coefficient (Wildman–Crippen LogP) is 4.98. The molecule has 0 amide bonds. The number of nitrogens with two attached hydrogens (primary N) is 1. The maximum absolute atomic E-state index is 6.10. The number of halogens is 2. The predicted molar refractivity (Wildman–Crippen MR) is 84.5 cm³/mol. The zero-order chi connectivity index (χ0) is 14.5. The van der Waals surface area contributed by atoms with Gasteiger partial charge in [-0.05, 0) is 36.2 Å². The molecular formula is C16H17Cl2NO. The molecule has 0 aliphatic heterocycles. The maximum Gasteiger partial charge on any atom is 0.119 e. The number of rotatable bonds is 5. The second-order valence-corrected chi connectivity index (χ2v) is 5.39. The standard InChI is InChI=1S/C16H17Cl2NO/c1-2-16(19)11-6-8-12(9-7-11)20-10-13-14(17)4-3-5-15(13)18/h3-9,16H,2,10,19H2,1H3/t16-/m0/s1. The third-order valence-electron chi connectivity index (χ3n) is 3.19. The minimum absolute atomic E-state index is 0.0714. The van der Waals surface area contributed by atoms with Gasteiger partial charge in [-0.25, -0.2) is 0 Å². The Morgan fingerprint density at radius 1 is 1.05 bits per heavy atom. The summed E-state index contributed by atoms with van der Waals surface area (Å²) in [7, 11) is 0. The van der Waals surface area contributed by atoms with Crippen molar-refractivity contribution in [1.29, 1.82) is 0 Å². The van der Waals surface area contributed by atoms with Crippen LogP contribution in [-0.2, 0) is 6.61 Å². The molecule has 0 aromatic heterocycles. The average molecular weight is 310 g/mol. The lowest BCUT2D eigenvalue weighted by Gasteiger charge is -2.12. The summed E-state index contributed by atoms with van der Waals surface area (Å²) in [5.74, 6) is 0.771. The van der Waals surface area contributed by atoms with Crippen molar-refractivity contribution in [1.82, 2.24) is 0 Å². The van der Waals surface area contributed by atoms with E-state index in [9.17, 15) is 0 Å². The van der Waals surface area contributed by atoms with Crippen LogP contribution in [0.1, 0.15) is 30.5 Å². The molecule has 0 saturated carbocycles. The monoisotopic (exact) mass is 309 g/mol. The fourth-order valence-electron chi connectivity index (χ4n) is 1.87. The van der Waals surface area contributed by atoms with Crippen molar-refractivity contribution in [3.05, 3.63) is 63.6 Å². The molecule has 0 saturated heterocycles. The Balaban J connectivity index is 2.04. The first-order chi connectivity index (χ1) is 9.61. The van der Waals surface area contributed by atoms with Crippen molar-refractivity contribution in [2.45, 2.75) is 26.0 Å². The molecule has 0 spiro atoms. The van der Waals surface area contributed by atoms with Gasteiger partial charge in [0.05, 0.1) is 0 Å². The molecule has 0 bridgehead atoms. The van der Waals surface area contributed by atoms with Gasteiger partial charge in [0.2, 0.25) is 0 Å². The zero-order valence-electron chi connectivity index (χ0n) is 11.3. The fourth-order valence-corrected chi connectivity index (χ4v) is 2.38. The third-order valence-corrected chi connectivity index (χ3v) is 3.90. The summed E-state index contributed by atoms with van der Waals surface area (Å²) in [5, 5.41) is 1.23. The van der Waals surface area contributed by atoms with E-state index in [0.29, 0.717) is 16.7 Å². The highest BCUT2D eigenvalue weighted by Crippen LogP contribution is 2.26. The van der Waals surface area contributed by atoms with Crippen molar-refractivity contribution in [3.8, 4) is 5.75 Å². The second-order valence-electron chi connectivity index (χ2n) is 4.57. The minimum Gasteiger partial charge on any atom is -0.489 e. The summed E-state index contributed by atoms with van der Waals surface area (Å²) >= 11 is 12.2. The molecular weight excluding hydrogens is 293 g/mol. The first-order valence-electron chi connectivity index (χ1n) is 6.53. The SMILES string of the molecule is CC[C@H](N)c1ccc(OCc2c(Cl)cccc2Cl)cc1. The van der Waals surface area contributed by atoms with E-state index >= 15 is 0 Å². The molecule has 106 valence electrons. The van der Waals surface area contributed by atoms with Gasteiger partial charge in [-0.1, -0.05) is 48.3 Å². The normalized spacial score (nSPS) is 12.2. The summed E-state index contributed by atoms with van der Waals surface area (Å²) in [6.07, 6.45) is 0.912. The van der Waals surface area contributed by atoms with Gasteiger partial charge >= 0.3 is 0 Å². The van der Waals surface area contributed by atoms with E-state index in [-0.39, 0.29) is 6.04 Å². The Morgan fingerprint density at radius 2 is 1.65 bits per heavy atom. The smallest absolute Gasteiger partial charge is 0.119 e. The molecule has 0 heterocycles. The van der Waals surface area contributed by atoms with Crippen molar-refractivity contribution in [2.75, 3.05) is 0 Å². The number of ether oxygens (including phenoxy) is 1. The highest BCUT2D eigenvalue weighted by molar-refractivity contribution is 6.35. The molecule has 20 heavy (non-hydrogen) atoms. The van der Waals surface area contributed by atoms with Crippen LogP contribution in [0.3, 0.4) is 0 Å². The minimum atomic E-state index is 0.0714. The van der Waals surface area contributed by atoms with E-state index in [1.807, 2.05) is 30.3 Å². The number of benzene rings is 2. The molecule has 2 aromatic carbocycles. The third kappa shape index (κ3) is 3.66. The fraction of sp³-hybridized carbons (Fsp3) is 0.250. The molecule has 0 unspecified atom stereocenters. The van der Waals surface area contributed by atoms with Gasteiger partial charge in [-0.15, -0.1) is 0 Å². The Morgan fingerprint density at radius 3 is 2.20 bits per heavy atom. The highest BCUT2D eigenvalue weighted by atomic mass is 35.5. The molecule has 0 radical (unpaired) electrons. The van der Waals surface area contributed by atoms with Crippen molar-refractivity contribution in [2.24, 2.45) is 5.73 Å². The molecule has 2 rings (SSSR count). The van der Waals surface area contributed by atoms with E-state index in [0.717, 1.165) is 23.3 Å². The molecule has 0 aliphatic rings. The summed E-state index contributed by atoms with van der Waals surface area (Å²) < 4.78 is 5.71. The van der Waals surface area contributed by atoms with Gasteiger partial charge in [0.25, 0.3) is 0 Å². The van der Waals surface area contributed by atoms with Crippen LogP contribution in [-0.4, -0.2) is 0 Å². The van der Waals surface area contributed by atoms with Crippen molar-refractivity contribution in [3.63, 3.8) is 0 Å². The van der Waals surface area contributed by atoms with Crippen LogP contribution in [0.2, 0.25) is 10.0 Å². The van der Waals surface area contributed by atoms with Gasteiger partial charge in [-0.2, -0.15) is 0 Å². The second kappa shape index (κ2) is 6.98. The van der Waals surface area contributed by atoms with Crippen LogP contribution in [0.15, 0.2) is 42.5 Å². The van der Waals surface area contributed by atoms with Crippen LogP contribution < -0.4 is 10.5 Å². The zero-order valence-corrected chi connectivity index (χ0v) is 12.8. The number of hydrogen-bond acceptors (Lipinski definition) is 2. The summed E-state index contributed by atoms with van der Waals surface area (Å²) in [5.41, 5.74) is 7.88. The van der Waals surface area contributed by atoms with Crippen LogP contribution in [0, 0.1) is 0 Å². The first-order valence-corrected chi connectivity index (χ1v) is 7.28. The molecule has 1 atom stereocenters. The van der Waals surface area contributed by atoms with Crippen molar-refractivity contribution >= 4 is 23.2 Å². The van der Waals surface area contributed by atoms with Gasteiger partial charge in [0.15, 0.2) is 0 Å². The largest absolute Gasteiger partial charge is 0.489 e. The lowest BCUT2D eigenvalue weighted by Crippen LogP contribution is -2.08. The quantitative estimate of drug-likeness (QED) is 0.845. The highest BCUT2D eigenvalue weighted by Gasteiger charge is 2.07. The van der Waals surface area contributed by atoms with Crippen LogP contribution in [0.25, 0.3) is 0 Å². The molecule has 0 fully saturated rings. The maximum atomic E-state index is 6.10. The molecule has 4 heteroatoms. The Kier molecular flexibility index (Phi) is 5.30. The van der Waals surface area contributed by atoms with E-state index in [1.165, 1.54) is 0 Å². The lowest BCUT2D eigenvalue weighted by molar-refractivity contribution is 0.306. The van der Waals surface area contributed by atoms with Gasteiger partial charge in [-0.3, -0.25) is 0 Å². The Bertz CT molecular complexity index is 549. The van der Waals surface area contributed by atoms with Gasteiger partial charge in [0, 0.05) is 21.7 Å². The van der Waals surface area contributed by atoms with E-state index in [1.54, 1.807) is 12.1 Å². The van der Waals surface area contributed by atoms with Gasteiger partial charge in [0.1, 0.15) is 12.4 Å². The van der Waals surface area contributed by atoms with E-state index < -0.39 is 0 Å². The van der Waals surface area contributed by atoms with Crippen LogP contribution in [0.5, 0.6) is 5.75 Å². The summed E-state index contributed by atoms with van der Waals surface area (Å²) in [4.78, 5) is 0. The molecule has 0 aliphatic carbocycles. The summed E-state index contributed by atoms with van der Waals surface area (Å²) in [6.45, 7) is 2.41. The number of hydrogen-bond donors (Lipinski definition) is 1. The van der Waals surface area contributed by atoms with Crippen LogP contribution >= 0.6 is 23.2 Å². The molecule has 2 nitrogen and oxygen atoms in total. The average Bonchev–Trinajstić information content (AvgIpc) is 2.46. The van der Waals surface area contributed by atoms with Gasteiger partial charge < -0.3 is 10.5 Å². The summed E-state index contributed by atoms with van der Waals surface area (Å²) in [6, 6.07) is 13.3. The van der Waals surface area contributed by atoms with Crippen molar-refractivity contribution < 1.29 is 4.74 Å². The first kappa shape index (κ1) is 15.2. The molecule has 2 aromatic rings. The van der Waals surface area contributed by atoms with Crippen LogP contribution in [0.4, 0.5) is 0 Å². The Labute approximate surface area is 129 Å². The van der Waals surface area contributed by atoms with E-state index in [4.69, 9.17) is 33.7 Å².